The molecular weight excluding hydrogens is 496 g/mol. The summed E-state index contributed by atoms with van der Waals surface area (Å²) in [5.41, 5.74) is 3.46. The van der Waals surface area contributed by atoms with Crippen LogP contribution in [0.15, 0.2) is 85.2 Å². The minimum Gasteiger partial charge on any atom is -0.478 e. The molecule has 0 radical (unpaired) electrons. The second-order valence-corrected chi connectivity index (χ2v) is 9.19. The van der Waals surface area contributed by atoms with Crippen LogP contribution in [0.1, 0.15) is 18.7 Å². The Hall–Kier alpha value is -4.57. The molecule has 0 saturated carbocycles. The summed E-state index contributed by atoms with van der Waals surface area (Å²) >= 11 is 0. The number of likely N-dealkylation sites (tertiary alicyclic amines) is 1. The van der Waals surface area contributed by atoms with Gasteiger partial charge in [0.1, 0.15) is 5.82 Å². The van der Waals surface area contributed by atoms with Crippen LogP contribution < -0.4 is 5.32 Å². The number of carbonyl (C=O) groups is 2. The Bertz CT molecular complexity index is 1370. The molecule has 1 aliphatic rings. The van der Waals surface area contributed by atoms with Gasteiger partial charge in [-0.1, -0.05) is 30.3 Å². The Labute approximate surface area is 226 Å². The zero-order valence-electron chi connectivity index (χ0n) is 21.6. The van der Waals surface area contributed by atoms with E-state index in [0.717, 1.165) is 38.1 Å². The summed E-state index contributed by atoms with van der Waals surface area (Å²) in [6.07, 6.45) is 8.09. The summed E-state index contributed by atoms with van der Waals surface area (Å²) in [7, 11) is 0. The molecule has 2 aromatic heterocycles. The van der Waals surface area contributed by atoms with E-state index in [4.69, 9.17) is 15.2 Å². The number of imidazole rings is 1. The van der Waals surface area contributed by atoms with Crippen LogP contribution in [0.25, 0.3) is 16.7 Å². The van der Waals surface area contributed by atoms with Gasteiger partial charge in [-0.15, -0.1) is 0 Å². The molecule has 0 unspecified atom stereocenters. The lowest BCUT2D eigenvalue weighted by atomic mass is 9.93. The van der Waals surface area contributed by atoms with Crippen molar-refractivity contribution in [1.29, 1.82) is 0 Å². The Morgan fingerprint density at radius 2 is 1.54 bits per heavy atom. The molecule has 5 rings (SSSR count). The lowest BCUT2D eigenvalue weighted by Crippen LogP contribution is -2.37. The van der Waals surface area contributed by atoms with E-state index in [0.29, 0.717) is 24.0 Å². The molecule has 39 heavy (non-hydrogen) atoms. The number of aromatic nitrogens is 4. The van der Waals surface area contributed by atoms with Crippen molar-refractivity contribution < 1.29 is 19.8 Å². The van der Waals surface area contributed by atoms with E-state index >= 15 is 0 Å². The second-order valence-electron chi connectivity index (χ2n) is 9.19. The molecule has 2 aromatic carbocycles. The SMILES string of the molecule is O=C(O)/C=C/C(=O)O.c1ccc(-n2c(CC3CCN(CCNc4ncccn4)CC3)nc3ccccc32)cc1. The number of benzene rings is 2. The predicted molar refractivity (Wildman–Crippen MR) is 149 cm³/mol. The van der Waals surface area contributed by atoms with E-state index in [1.807, 2.05) is 6.07 Å². The number of aliphatic carboxylic acids is 2. The first kappa shape index (κ1) is 27.5. The normalized spacial score (nSPS) is 14.2. The average Bonchev–Trinajstić information content (AvgIpc) is 3.32. The number of anilines is 1. The van der Waals surface area contributed by atoms with Gasteiger partial charge in [-0.05, 0) is 62.2 Å². The molecule has 10 heteroatoms. The number of hydrogen-bond acceptors (Lipinski definition) is 7. The lowest BCUT2D eigenvalue weighted by Gasteiger charge is -2.31. The van der Waals surface area contributed by atoms with Crippen molar-refractivity contribution in [2.24, 2.45) is 5.92 Å². The second kappa shape index (κ2) is 13.8. The first-order valence-electron chi connectivity index (χ1n) is 12.9. The summed E-state index contributed by atoms with van der Waals surface area (Å²) in [6.45, 7) is 4.16. The Morgan fingerprint density at radius 1 is 0.897 bits per heavy atom. The molecule has 4 aromatic rings. The van der Waals surface area contributed by atoms with Crippen molar-refractivity contribution in [3.05, 3.63) is 91.0 Å². The van der Waals surface area contributed by atoms with Gasteiger partial charge in [0, 0.05) is 49.7 Å². The number of piperidine rings is 1. The van der Waals surface area contributed by atoms with E-state index in [2.05, 4.69) is 79.3 Å². The van der Waals surface area contributed by atoms with Gasteiger partial charge < -0.3 is 20.4 Å². The van der Waals surface area contributed by atoms with Crippen LogP contribution in [0, 0.1) is 5.92 Å². The quantitative estimate of drug-likeness (QED) is 0.277. The van der Waals surface area contributed by atoms with Gasteiger partial charge in [0.15, 0.2) is 0 Å². The molecule has 1 aliphatic heterocycles. The Kier molecular flexibility index (Phi) is 9.74. The maximum atomic E-state index is 9.55. The van der Waals surface area contributed by atoms with Gasteiger partial charge in [0.05, 0.1) is 11.0 Å². The number of carboxylic acid groups (broad SMARTS) is 2. The molecule has 0 amide bonds. The van der Waals surface area contributed by atoms with E-state index in [1.165, 1.54) is 29.9 Å². The third-order valence-corrected chi connectivity index (χ3v) is 6.47. The average molecular weight is 529 g/mol. The molecule has 3 N–H and O–H groups in total. The summed E-state index contributed by atoms with van der Waals surface area (Å²) in [5.74, 6) is 0.0340. The highest BCUT2D eigenvalue weighted by Crippen LogP contribution is 2.26. The molecule has 0 spiro atoms. The Balaban J connectivity index is 0.000000386. The molecule has 0 aliphatic carbocycles. The summed E-state index contributed by atoms with van der Waals surface area (Å²) in [4.78, 5) is 35.1. The standard InChI is InChI=1S/C25H28N6.C4H4O4/c1-2-7-21(8-3-1)31-23-10-5-4-9-22(23)29-24(31)19-20-11-16-30(17-12-20)18-15-28-25-26-13-6-14-27-25;5-3(6)1-2-4(7)8/h1-10,13-14,20H,11-12,15-19H2,(H,26,27,28);1-2H,(H,5,6)(H,7,8)/b;2-1+. The zero-order valence-corrected chi connectivity index (χ0v) is 21.6. The third kappa shape index (κ3) is 8.21. The first-order valence-corrected chi connectivity index (χ1v) is 12.9. The van der Waals surface area contributed by atoms with Crippen LogP contribution >= 0.6 is 0 Å². The minimum atomic E-state index is -1.26. The topological polar surface area (TPSA) is 133 Å². The van der Waals surface area contributed by atoms with Gasteiger partial charge in [0.2, 0.25) is 5.95 Å². The highest BCUT2D eigenvalue weighted by molar-refractivity contribution is 5.89. The molecule has 0 bridgehead atoms. The van der Waals surface area contributed by atoms with Crippen molar-refractivity contribution in [3.8, 4) is 5.69 Å². The van der Waals surface area contributed by atoms with Gasteiger partial charge >= 0.3 is 11.9 Å². The fraction of sp³-hybridized carbons (Fsp3) is 0.276. The summed E-state index contributed by atoms with van der Waals surface area (Å²) < 4.78 is 2.34. The number of hydrogen-bond donors (Lipinski definition) is 3. The van der Waals surface area contributed by atoms with Crippen molar-refractivity contribution in [2.45, 2.75) is 19.3 Å². The first-order chi connectivity index (χ1) is 19.0. The highest BCUT2D eigenvalue weighted by Gasteiger charge is 2.22. The van der Waals surface area contributed by atoms with Crippen molar-refractivity contribution >= 4 is 28.9 Å². The largest absolute Gasteiger partial charge is 0.478 e. The van der Waals surface area contributed by atoms with Crippen molar-refractivity contribution in [3.63, 3.8) is 0 Å². The van der Waals surface area contributed by atoms with Crippen LogP contribution in [0.3, 0.4) is 0 Å². The van der Waals surface area contributed by atoms with Gasteiger partial charge in [-0.3, -0.25) is 4.57 Å². The number of para-hydroxylation sites is 3. The van der Waals surface area contributed by atoms with Crippen molar-refractivity contribution in [2.75, 3.05) is 31.5 Å². The fourth-order valence-electron chi connectivity index (χ4n) is 4.61. The van der Waals surface area contributed by atoms with E-state index in [-0.39, 0.29) is 0 Å². The van der Waals surface area contributed by atoms with Gasteiger partial charge in [0.25, 0.3) is 0 Å². The zero-order chi connectivity index (χ0) is 27.5. The van der Waals surface area contributed by atoms with Crippen LogP contribution in [0.5, 0.6) is 0 Å². The molecule has 1 saturated heterocycles. The number of nitrogens with zero attached hydrogens (tertiary/aromatic N) is 5. The van der Waals surface area contributed by atoms with Crippen LogP contribution in [-0.4, -0.2) is 72.7 Å². The molecule has 202 valence electrons. The monoisotopic (exact) mass is 528 g/mol. The molecule has 1 fully saturated rings. The number of fused-ring (bicyclic) bond motifs is 1. The third-order valence-electron chi connectivity index (χ3n) is 6.47. The van der Waals surface area contributed by atoms with Crippen LogP contribution in [0.2, 0.25) is 0 Å². The summed E-state index contributed by atoms with van der Waals surface area (Å²) in [5, 5.41) is 18.9. The molecule has 0 atom stereocenters. The number of carboxylic acids is 2. The smallest absolute Gasteiger partial charge is 0.328 e. The molecule has 3 heterocycles. The fourth-order valence-corrected chi connectivity index (χ4v) is 4.61. The van der Waals surface area contributed by atoms with E-state index < -0.39 is 11.9 Å². The van der Waals surface area contributed by atoms with Gasteiger partial charge in [-0.2, -0.15) is 0 Å². The highest BCUT2D eigenvalue weighted by atomic mass is 16.4. The van der Waals surface area contributed by atoms with Crippen LogP contribution in [-0.2, 0) is 16.0 Å². The maximum Gasteiger partial charge on any atom is 0.328 e. The predicted octanol–water partition coefficient (Wildman–Crippen LogP) is 3.89. The number of nitrogens with one attached hydrogen (secondary N) is 1. The number of rotatable bonds is 9. The lowest BCUT2D eigenvalue weighted by molar-refractivity contribution is -0.134. The Morgan fingerprint density at radius 3 is 2.21 bits per heavy atom. The van der Waals surface area contributed by atoms with E-state index in [1.54, 1.807) is 12.4 Å². The molecular formula is C29H32N6O4. The van der Waals surface area contributed by atoms with Crippen molar-refractivity contribution in [1.82, 2.24) is 24.4 Å². The van der Waals surface area contributed by atoms with Gasteiger partial charge in [-0.25, -0.2) is 24.5 Å². The van der Waals surface area contributed by atoms with E-state index in [9.17, 15) is 9.59 Å². The maximum absolute atomic E-state index is 9.55. The van der Waals surface area contributed by atoms with Crippen LogP contribution in [0.4, 0.5) is 5.95 Å². The minimum absolute atomic E-state index is 0.558. The molecule has 10 nitrogen and oxygen atoms in total. The summed E-state index contributed by atoms with van der Waals surface area (Å²) in [6, 6.07) is 20.9.